The van der Waals surface area contributed by atoms with Gasteiger partial charge in [-0.05, 0) is 36.1 Å². The maximum Gasteiger partial charge on any atom is 0.240 e. The van der Waals surface area contributed by atoms with Crippen molar-refractivity contribution in [3.63, 3.8) is 0 Å². The number of hydrogen-bond acceptors (Lipinski definition) is 4. The maximum absolute atomic E-state index is 12.8. The molecule has 1 aromatic heterocycles. The van der Waals surface area contributed by atoms with Gasteiger partial charge in [0.25, 0.3) is 0 Å². The number of rotatable bonds is 7. The van der Waals surface area contributed by atoms with Gasteiger partial charge in [-0.3, -0.25) is 0 Å². The lowest BCUT2D eigenvalue weighted by molar-refractivity contribution is 0.361. The van der Waals surface area contributed by atoms with Gasteiger partial charge in [-0.1, -0.05) is 55.8 Å². The van der Waals surface area contributed by atoms with Crippen LogP contribution in [-0.2, 0) is 16.6 Å². The highest BCUT2D eigenvalue weighted by atomic mass is 32.2. The van der Waals surface area contributed by atoms with Crippen LogP contribution in [0.15, 0.2) is 65.8 Å². The van der Waals surface area contributed by atoms with Crippen molar-refractivity contribution in [3.8, 4) is 11.1 Å². The average molecular weight is 385 g/mol. The highest BCUT2D eigenvalue weighted by Crippen LogP contribution is 2.22. The van der Waals surface area contributed by atoms with E-state index in [2.05, 4.69) is 21.0 Å². The summed E-state index contributed by atoms with van der Waals surface area (Å²) in [5.74, 6) is 0.0948. The van der Waals surface area contributed by atoms with E-state index < -0.39 is 10.0 Å². The van der Waals surface area contributed by atoms with E-state index in [4.69, 9.17) is 0 Å². The molecule has 0 radical (unpaired) electrons. The van der Waals surface area contributed by atoms with Crippen LogP contribution in [0.2, 0.25) is 0 Å². The predicted molar refractivity (Wildman–Crippen MR) is 106 cm³/mol. The van der Waals surface area contributed by atoms with E-state index in [1.807, 2.05) is 51.1 Å². The largest absolute Gasteiger partial charge is 0.240 e. The van der Waals surface area contributed by atoms with Crippen molar-refractivity contribution in [2.75, 3.05) is 0 Å². The molecule has 142 valence electrons. The zero-order valence-corrected chi connectivity index (χ0v) is 16.5. The molecule has 0 saturated heterocycles. The van der Waals surface area contributed by atoms with Gasteiger partial charge in [0.2, 0.25) is 10.0 Å². The summed E-state index contributed by atoms with van der Waals surface area (Å²) in [6.07, 6.45) is 3.16. The normalized spacial score (nSPS) is 13.0. The van der Waals surface area contributed by atoms with Gasteiger partial charge >= 0.3 is 0 Å². The van der Waals surface area contributed by atoms with Gasteiger partial charge in [0.1, 0.15) is 0 Å². The monoisotopic (exact) mass is 384 g/mol. The van der Waals surface area contributed by atoms with Gasteiger partial charge in [-0.25, -0.2) is 13.1 Å². The highest BCUT2D eigenvalue weighted by molar-refractivity contribution is 7.89. The summed E-state index contributed by atoms with van der Waals surface area (Å²) in [4.78, 5) is 1.74. The van der Waals surface area contributed by atoms with Crippen LogP contribution in [0.4, 0.5) is 0 Å². The molecule has 7 heteroatoms. The summed E-state index contributed by atoms with van der Waals surface area (Å²) in [5.41, 5.74) is 3.22. The zero-order chi connectivity index (χ0) is 19.4. The molecule has 0 aliphatic rings. The summed E-state index contributed by atoms with van der Waals surface area (Å²) in [5, 5.41) is 8.13. The van der Waals surface area contributed by atoms with Gasteiger partial charge < -0.3 is 0 Å². The fraction of sp³-hybridized carbons (Fsp3) is 0.300. The number of benzene rings is 2. The number of aryl methyl sites for hydroxylation is 1. The fourth-order valence-electron chi connectivity index (χ4n) is 2.82. The summed E-state index contributed by atoms with van der Waals surface area (Å²) in [7, 11) is -3.63. The van der Waals surface area contributed by atoms with Crippen LogP contribution in [0.25, 0.3) is 11.1 Å². The Morgan fingerprint density at radius 3 is 2.26 bits per heavy atom. The van der Waals surface area contributed by atoms with Crippen LogP contribution in [0.3, 0.4) is 0 Å². The van der Waals surface area contributed by atoms with Gasteiger partial charge in [-0.15, -0.1) is 0 Å². The maximum atomic E-state index is 12.8. The second-order valence-electron chi connectivity index (χ2n) is 6.95. The second kappa shape index (κ2) is 8.02. The van der Waals surface area contributed by atoms with Gasteiger partial charge in [0.05, 0.1) is 23.8 Å². The number of nitrogens with zero attached hydrogens (tertiary/aromatic N) is 3. The molecule has 0 bridgehead atoms. The first-order valence-corrected chi connectivity index (χ1v) is 10.4. The van der Waals surface area contributed by atoms with E-state index in [0.29, 0.717) is 6.54 Å². The van der Waals surface area contributed by atoms with E-state index in [9.17, 15) is 8.42 Å². The third-order valence-corrected chi connectivity index (χ3v) is 5.96. The summed E-state index contributed by atoms with van der Waals surface area (Å²) >= 11 is 0. The van der Waals surface area contributed by atoms with Crippen molar-refractivity contribution in [1.82, 2.24) is 19.7 Å². The molecule has 1 heterocycles. The molecule has 1 unspecified atom stereocenters. The average Bonchev–Trinajstić information content (AvgIpc) is 3.14. The summed E-state index contributed by atoms with van der Waals surface area (Å²) in [6, 6.07) is 14.8. The molecule has 0 aliphatic heterocycles. The first-order chi connectivity index (χ1) is 12.8. The Kier molecular flexibility index (Phi) is 5.72. The Bertz CT molecular complexity index is 981. The molecule has 6 nitrogen and oxygen atoms in total. The molecule has 3 aromatic rings. The first kappa shape index (κ1) is 19.3. The Morgan fingerprint density at radius 1 is 1.00 bits per heavy atom. The number of hydrogen-bond donors (Lipinski definition) is 1. The SMILES string of the molecule is Cc1cccc(-c2ccc(S(=O)(=O)NC(Cn3nccn3)C(C)C)cc2)c1. The van der Waals surface area contributed by atoms with Crippen LogP contribution < -0.4 is 4.72 Å². The van der Waals surface area contributed by atoms with Crippen LogP contribution >= 0.6 is 0 Å². The van der Waals surface area contributed by atoms with E-state index in [1.165, 1.54) is 4.80 Å². The topological polar surface area (TPSA) is 76.9 Å². The van der Waals surface area contributed by atoms with Crippen LogP contribution in [0, 0.1) is 12.8 Å². The molecule has 0 spiro atoms. The lowest BCUT2D eigenvalue weighted by atomic mass is 10.0. The molecule has 0 fully saturated rings. The second-order valence-corrected chi connectivity index (χ2v) is 8.66. The van der Waals surface area contributed by atoms with Crippen LogP contribution in [-0.4, -0.2) is 29.5 Å². The van der Waals surface area contributed by atoms with Crippen molar-refractivity contribution < 1.29 is 8.42 Å². The Morgan fingerprint density at radius 2 is 1.67 bits per heavy atom. The standard InChI is InChI=1S/C20H24N4O2S/c1-15(2)20(14-24-21-11-12-22-24)23-27(25,26)19-9-7-17(8-10-19)18-6-4-5-16(3)13-18/h4-13,15,20,23H,14H2,1-3H3. The molecular formula is C20H24N4O2S. The fourth-order valence-corrected chi connectivity index (χ4v) is 4.19. The number of sulfonamides is 1. The molecule has 27 heavy (non-hydrogen) atoms. The number of aromatic nitrogens is 3. The van der Waals surface area contributed by atoms with Crippen molar-refractivity contribution in [2.24, 2.45) is 5.92 Å². The molecule has 1 N–H and O–H groups in total. The molecule has 3 rings (SSSR count). The Balaban J connectivity index is 1.79. The van der Waals surface area contributed by atoms with Crippen LogP contribution in [0.1, 0.15) is 19.4 Å². The smallest absolute Gasteiger partial charge is 0.207 e. The van der Waals surface area contributed by atoms with Gasteiger partial charge in [0, 0.05) is 6.04 Å². The van der Waals surface area contributed by atoms with Crippen molar-refractivity contribution >= 4 is 10.0 Å². The Hall–Kier alpha value is -2.51. The molecule has 0 amide bonds. The summed E-state index contributed by atoms with van der Waals surface area (Å²) < 4.78 is 28.4. The van der Waals surface area contributed by atoms with Crippen molar-refractivity contribution in [2.45, 2.75) is 38.3 Å². The van der Waals surface area contributed by atoms with E-state index in [0.717, 1.165) is 16.7 Å². The zero-order valence-electron chi connectivity index (χ0n) is 15.7. The minimum absolute atomic E-state index is 0.0948. The molecule has 0 saturated carbocycles. The van der Waals surface area contributed by atoms with E-state index in [1.54, 1.807) is 24.5 Å². The summed E-state index contributed by atoms with van der Waals surface area (Å²) in [6.45, 7) is 6.35. The number of nitrogens with one attached hydrogen (secondary N) is 1. The minimum Gasteiger partial charge on any atom is -0.207 e. The van der Waals surface area contributed by atoms with Gasteiger partial charge in [0.15, 0.2) is 0 Å². The Labute approximate surface area is 160 Å². The molecular weight excluding hydrogens is 360 g/mol. The van der Waals surface area contributed by atoms with E-state index in [-0.39, 0.29) is 16.9 Å². The van der Waals surface area contributed by atoms with Gasteiger partial charge in [-0.2, -0.15) is 15.0 Å². The third-order valence-electron chi connectivity index (χ3n) is 4.45. The predicted octanol–water partition coefficient (Wildman–Crippen LogP) is 3.26. The lowest BCUT2D eigenvalue weighted by Gasteiger charge is -2.21. The van der Waals surface area contributed by atoms with Crippen molar-refractivity contribution in [3.05, 3.63) is 66.5 Å². The highest BCUT2D eigenvalue weighted by Gasteiger charge is 2.23. The molecule has 0 aliphatic carbocycles. The lowest BCUT2D eigenvalue weighted by Crippen LogP contribution is -2.41. The third kappa shape index (κ3) is 4.81. The molecule has 2 aromatic carbocycles. The van der Waals surface area contributed by atoms with E-state index >= 15 is 0 Å². The minimum atomic E-state index is -3.63. The van der Waals surface area contributed by atoms with Crippen LogP contribution in [0.5, 0.6) is 0 Å². The first-order valence-electron chi connectivity index (χ1n) is 8.89. The molecule has 1 atom stereocenters. The quantitative estimate of drug-likeness (QED) is 0.678. The van der Waals surface area contributed by atoms with Crippen molar-refractivity contribution in [1.29, 1.82) is 0 Å².